The largest absolute Gasteiger partial charge is 0.288 e. The van der Waals surface area contributed by atoms with Crippen LogP contribution >= 0.6 is 23.5 Å². The van der Waals surface area contributed by atoms with E-state index in [1.807, 2.05) is 0 Å². The minimum atomic E-state index is -0.144. The van der Waals surface area contributed by atoms with Crippen LogP contribution in [0.15, 0.2) is 62.1 Å². The highest BCUT2D eigenvalue weighted by molar-refractivity contribution is 8.24. The molecule has 4 rings (SSSR count). The highest BCUT2D eigenvalue weighted by atomic mass is 32.2. The van der Waals surface area contributed by atoms with Gasteiger partial charge in [-0.1, -0.05) is 74.6 Å². The average molecular weight is 352 g/mol. The predicted octanol–water partition coefficient (Wildman–Crippen LogP) is 5.47. The fourth-order valence-electron chi connectivity index (χ4n) is 2.90. The number of Topliss-reactive ketones (excluding diaryl/α,β-unsaturated/α-hetero) is 2. The van der Waals surface area contributed by atoms with E-state index in [4.69, 9.17) is 0 Å². The molecule has 0 bridgehead atoms. The maximum Gasteiger partial charge on any atom is 0.199 e. The van der Waals surface area contributed by atoms with E-state index in [9.17, 15) is 9.59 Å². The molecule has 0 aromatic heterocycles. The lowest BCUT2D eigenvalue weighted by molar-refractivity contribution is 0.0989. The van der Waals surface area contributed by atoms with Crippen molar-refractivity contribution < 1.29 is 9.59 Å². The monoisotopic (exact) mass is 352 g/mol. The van der Waals surface area contributed by atoms with Gasteiger partial charge < -0.3 is 0 Å². The van der Waals surface area contributed by atoms with Gasteiger partial charge in [-0.25, -0.2) is 0 Å². The van der Waals surface area contributed by atoms with Gasteiger partial charge in [0.25, 0.3) is 0 Å². The van der Waals surface area contributed by atoms with Crippen LogP contribution < -0.4 is 0 Å². The van der Waals surface area contributed by atoms with E-state index in [0.717, 1.165) is 14.0 Å². The van der Waals surface area contributed by atoms with Gasteiger partial charge in [-0.3, -0.25) is 9.59 Å². The molecule has 4 heteroatoms. The number of allylic oxidation sites excluding steroid dienone is 1. The van der Waals surface area contributed by atoms with Gasteiger partial charge in [0.15, 0.2) is 11.6 Å². The summed E-state index contributed by atoms with van der Waals surface area (Å²) in [4.78, 5) is 27.6. The number of hydrogen-bond donors (Lipinski definition) is 0. The summed E-state index contributed by atoms with van der Waals surface area (Å²) in [5.74, 6) is -0.288. The summed E-state index contributed by atoms with van der Waals surface area (Å²) in [5, 5.41) is 0. The molecule has 0 saturated heterocycles. The Hall–Kier alpha value is -1.78. The maximum atomic E-state index is 12.7. The first kappa shape index (κ1) is 15.7. The van der Waals surface area contributed by atoms with Crippen molar-refractivity contribution in [2.75, 3.05) is 0 Å². The molecule has 2 aliphatic rings. The van der Waals surface area contributed by atoms with Crippen LogP contribution in [0, 0.1) is 0 Å². The molecule has 2 aromatic carbocycles. The average Bonchev–Trinajstić information content (AvgIpc) is 3.06. The van der Waals surface area contributed by atoms with E-state index < -0.39 is 0 Å². The molecule has 0 unspecified atom stereocenters. The first-order chi connectivity index (χ1) is 11.4. The van der Waals surface area contributed by atoms with E-state index in [1.165, 1.54) is 17.3 Å². The first-order valence-corrected chi connectivity index (χ1v) is 9.42. The van der Waals surface area contributed by atoms with Gasteiger partial charge in [-0.2, -0.15) is 0 Å². The quantitative estimate of drug-likeness (QED) is 0.465. The van der Waals surface area contributed by atoms with Crippen molar-refractivity contribution in [2.24, 2.45) is 0 Å². The Morgan fingerprint density at radius 2 is 1.38 bits per heavy atom. The van der Waals surface area contributed by atoms with Crippen LogP contribution in [0.1, 0.15) is 47.1 Å². The highest BCUT2D eigenvalue weighted by Gasteiger charge is 2.37. The van der Waals surface area contributed by atoms with E-state index in [0.29, 0.717) is 16.7 Å². The summed E-state index contributed by atoms with van der Waals surface area (Å²) < 4.78 is 0.808. The third-order valence-electron chi connectivity index (χ3n) is 4.29. The molecule has 1 aliphatic heterocycles. The van der Waals surface area contributed by atoms with Crippen LogP contribution in [0.4, 0.5) is 0 Å². The van der Waals surface area contributed by atoms with E-state index in [1.54, 1.807) is 36.0 Å². The van der Waals surface area contributed by atoms with Crippen LogP contribution in [-0.4, -0.2) is 11.6 Å². The summed E-state index contributed by atoms with van der Waals surface area (Å²) in [6.07, 6.45) is 0. The Bertz CT molecular complexity index is 896. The van der Waals surface area contributed by atoms with Crippen molar-refractivity contribution in [1.29, 1.82) is 0 Å². The number of thioether (sulfide) groups is 2. The normalized spacial score (nSPS) is 16.6. The molecule has 1 aliphatic carbocycles. The van der Waals surface area contributed by atoms with Gasteiger partial charge in [0.05, 0.1) is 9.81 Å². The zero-order chi connectivity index (χ0) is 17.1. The number of carbonyl (C=O) groups is 2. The fourth-order valence-corrected chi connectivity index (χ4v) is 5.48. The van der Waals surface area contributed by atoms with Crippen LogP contribution in [0.5, 0.6) is 0 Å². The van der Waals surface area contributed by atoms with E-state index in [2.05, 4.69) is 39.0 Å². The maximum absolute atomic E-state index is 12.7. The second-order valence-corrected chi connectivity index (χ2v) is 9.34. The number of benzene rings is 2. The Morgan fingerprint density at radius 1 is 0.792 bits per heavy atom. The van der Waals surface area contributed by atoms with Gasteiger partial charge in [0, 0.05) is 20.9 Å². The second-order valence-electron chi connectivity index (χ2n) is 6.98. The third-order valence-corrected chi connectivity index (χ3v) is 6.83. The van der Waals surface area contributed by atoms with Gasteiger partial charge in [-0.05, 0) is 23.1 Å². The molecule has 2 nitrogen and oxygen atoms in total. The van der Waals surface area contributed by atoms with Crippen molar-refractivity contribution in [2.45, 2.75) is 36.0 Å². The van der Waals surface area contributed by atoms with Crippen LogP contribution in [0.3, 0.4) is 0 Å². The minimum Gasteiger partial charge on any atom is -0.288 e. The smallest absolute Gasteiger partial charge is 0.199 e. The summed E-state index contributed by atoms with van der Waals surface area (Å²) in [6.45, 7) is 6.55. The number of hydrogen-bond acceptors (Lipinski definition) is 4. The molecule has 24 heavy (non-hydrogen) atoms. The van der Waals surface area contributed by atoms with Crippen LogP contribution in [0.25, 0.3) is 0 Å². The topological polar surface area (TPSA) is 34.1 Å². The van der Waals surface area contributed by atoms with Crippen molar-refractivity contribution in [3.63, 3.8) is 0 Å². The molecule has 0 radical (unpaired) electrons. The predicted molar refractivity (Wildman–Crippen MR) is 99.0 cm³/mol. The Balaban J connectivity index is 1.76. The molecule has 0 atom stereocenters. The summed E-state index contributed by atoms with van der Waals surface area (Å²) in [5.41, 5.74) is 2.72. The Kier molecular flexibility index (Phi) is 3.52. The number of rotatable bonds is 0. The molecule has 0 N–H and O–H groups in total. The van der Waals surface area contributed by atoms with E-state index >= 15 is 0 Å². The molecule has 120 valence electrons. The van der Waals surface area contributed by atoms with Crippen LogP contribution in [0.2, 0.25) is 0 Å². The minimum absolute atomic E-state index is 0.0748. The molecule has 0 spiro atoms. The molecule has 0 saturated carbocycles. The Morgan fingerprint density at radius 3 is 1.96 bits per heavy atom. The fraction of sp³-hybridized carbons (Fsp3) is 0.200. The Labute approximate surface area is 149 Å². The molecular weight excluding hydrogens is 336 g/mol. The SMILES string of the molecule is CC(C)(C)c1ccc2c(c1)SC(=C1C(=O)c3ccccc3C1=O)S2. The number of fused-ring (bicyclic) bond motifs is 2. The van der Waals surface area contributed by atoms with Gasteiger partial charge in [0.2, 0.25) is 0 Å². The lowest BCUT2D eigenvalue weighted by atomic mass is 9.87. The zero-order valence-electron chi connectivity index (χ0n) is 13.7. The highest BCUT2D eigenvalue weighted by Crippen LogP contribution is 2.54. The molecule has 0 fully saturated rings. The number of ketones is 2. The summed E-state index contributed by atoms with van der Waals surface area (Å²) >= 11 is 3.07. The van der Waals surface area contributed by atoms with Gasteiger partial charge in [0.1, 0.15) is 0 Å². The third kappa shape index (κ3) is 2.36. The molecule has 2 aromatic rings. The molecule has 0 amide bonds. The van der Waals surface area contributed by atoms with Crippen molar-refractivity contribution in [1.82, 2.24) is 0 Å². The molecule has 1 heterocycles. The standard InChI is InChI=1S/C20H16O2S2/c1-20(2,3)11-8-9-14-15(10-11)24-19(23-14)16-17(21)12-6-4-5-7-13(12)18(16)22/h4-10H,1-3H3. The van der Waals surface area contributed by atoms with Gasteiger partial charge in [-0.15, -0.1) is 0 Å². The van der Waals surface area contributed by atoms with Gasteiger partial charge >= 0.3 is 0 Å². The van der Waals surface area contributed by atoms with Crippen molar-refractivity contribution in [3.05, 3.63) is 69.0 Å². The summed E-state index contributed by atoms with van der Waals surface area (Å²) in [7, 11) is 0. The lowest BCUT2D eigenvalue weighted by Crippen LogP contribution is -2.10. The first-order valence-electron chi connectivity index (χ1n) is 7.79. The lowest BCUT2D eigenvalue weighted by Gasteiger charge is -2.19. The summed E-state index contributed by atoms with van der Waals surface area (Å²) in [6, 6.07) is 13.5. The van der Waals surface area contributed by atoms with Crippen LogP contribution in [-0.2, 0) is 5.41 Å². The van der Waals surface area contributed by atoms with E-state index in [-0.39, 0.29) is 17.0 Å². The molecular formula is C20H16O2S2. The second kappa shape index (κ2) is 5.36. The van der Waals surface area contributed by atoms with Crippen molar-refractivity contribution >= 4 is 35.1 Å². The number of carbonyl (C=O) groups excluding carboxylic acids is 2. The van der Waals surface area contributed by atoms with Crippen molar-refractivity contribution in [3.8, 4) is 0 Å². The zero-order valence-corrected chi connectivity index (χ0v) is 15.3.